The first-order valence-electron chi connectivity index (χ1n) is 7.08. The van der Waals surface area contributed by atoms with E-state index >= 15 is 0 Å². The Bertz CT molecular complexity index is 562. The molecule has 2 N–H and O–H groups in total. The molecule has 3 rings (SSSR count). The van der Waals surface area contributed by atoms with Crippen LogP contribution in [-0.4, -0.2) is 23.0 Å². The molecule has 0 saturated heterocycles. The number of hydrogen-bond donors (Lipinski definition) is 2. The van der Waals surface area contributed by atoms with Crippen molar-refractivity contribution in [2.45, 2.75) is 39.2 Å². The molecule has 1 aromatic heterocycles. The Hall–Kier alpha value is -1.78. The van der Waals surface area contributed by atoms with Crippen LogP contribution in [0.1, 0.15) is 41.1 Å². The second-order valence-electron chi connectivity index (χ2n) is 6.02. The first-order chi connectivity index (χ1) is 9.47. The van der Waals surface area contributed by atoms with E-state index in [2.05, 4.69) is 5.32 Å². The largest absolute Gasteiger partial charge is 0.481 e. The van der Waals surface area contributed by atoms with Gasteiger partial charge in [0.1, 0.15) is 11.5 Å². The molecule has 2 bridgehead atoms. The highest BCUT2D eigenvalue weighted by Crippen LogP contribution is 2.48. The molecule has 0 aromatic carbocycles. The van der Waals surface area contributed by atoms with Gasteiger partial charge in [-0.25, -0.2) is 0 Å². The van der Waals surface area contributed by atoms with Crippen LogP contribution in [0.3, 0.4) is 0 Å². The molecule has 4 unspecified atom stereocenters. The first kappa shape index (κ1) is 13.2. The van der Waals surface area contributed by atoms with E-state index in [0.29, 0.717) is 23.0 Å². The van der Waals surface area contributed by atoms with Gasteiger partial charge in [-0.2, -0.15) is 0 Å². The van der Waals surface area contributed by atoms with Crippen LogP contribution in [0.15, 0.2) is 10.5 Å². The summed E-state index contributed by atoms with van der Waals surface area (Å²) in [6.07, 6.45) is 2.91. The smallest absolute Gasteiger partial charge is 0.308 e. The topological polar surface area (TPSA) is 79.5 Å². The molecule has 20 heavy (non-hydrogen) atoms. The van der Waals surface area contributed by atoms with Gasteiger partial charge < -0.3 is 14.8 Å². The number of carboxylic acids is 1. The predicted molar refractivity (Wildman–Crippen MR) is 71.4 cm³/mol. The third-order valence-corrected chi connectivity index (χ3v) is 4.78. The van der Waals surface area contributed by atoms with Gasteiger partial charge in [-0.1, -0.05) is 0 Å². The number of hydrogen-bond acceptors (Lipinski definition) is 3. The van der Waals surface area contributed by atoms with Crippen LogP contribution in [0.2, 0.25) is 0 Å². The van der Waals surface area contributed by atoms with Crippen molar-refractivity contribution in [2.24, 2.45) is 17.8 Å². The number of carbonyl (C=O) groups excluding carboxylic acids is 1. The zero-order valence-electron chi connectivity index (χ0n) is 11.7. The molecule has 5 heteroatoms. The molecule has 2 fully saturated rings. The number of carboxylic acid groups (broad SMARTS) is 1. The number of amides is 1. The van der Waals surface area contributed by atoms with E-state index in [1.165, 1.54) is 0 Å². The standard InChI is InChI=1S/C15H19NO4/c1-7-5-11(8(2)20-7)14(17)16-13-10-4-3-9(6-10)12(13)15(18)19/h5,9-10,12-13H,3-4,6H2,1-2H3,(H,16,17)(H,18,19). The molecule has 4 atom stereocenters. The second kappa shape index (κ2) is 4.65. The lowest BCUT2D eigenvalue weighted by Crippen LogP contribution is -2.46. The van der Waals surface area contributed by atoms with Gasteiger partial charge in [-0.05, 0) is 51.0 Å². The van der Waals surface area contributed by atoms with Crippen LogP contribution in [-0.2, 0) is 4.79 Å². The Morgan fingerprint density at radius 3 is 2.60 bits per heavy atom. The molecule has 0 aliphatic heterocycles. The van der Waals surface area contributed by atoms with E-state index in [0.717, 1.165) is 19.3 Å². The van der Waals surface area contributed by atoms with Gasteiger partial charge in [0.05, 0.1) is 11.5 Å². The van der Waals surface area contributed by atoms with Gasteiger partial charge >= 0.3 is 5.97 Å². The fourth-order valence-corrected chi connectivity index (χ4v) is 3.94. The number of aryl methyl sites for hydroxylation is 2. The van der Waals surface area contributed by atoms with Gasteiger partial charge in [0.15, 0.2) is 0 Å². The summed E-state index contributed by atoms with van der Waals surface area (Å²) in [4.78, 5) is 23.7. The fourth-order valence-electron chi connectivity index (χ4n) is 3.94. The van der Waals surface area contributed by atoms with E-state index in [-0.39, 0.29) is 17.9 Å². The average molecular weight is 277 g/mol. The third kappa shape index (κ3) is 2.01. The summed E-state index contributed by atoms with van der Waals surface area (Å²) >= 11 is 0. The lowest BCUT2D eigenvalue weighted by Gasteiger charge is -2.28. The van der Waals surface area contributed by atoms with Crippen LogP contribution in [0.5, 0.6) is 0 Å². The van der Waals surface area contributed by atoms with Crippen molar-refractivity contribution in [1.82, 2.24) is 5.32 Å². The predicted octanol–water partition coefficient (Wildman–Crippen LogP) is 2.13. The van der Waals surface area contributed by atoms with Crippen LogP contribution >= 0.6 is 0 Å². The lowest BCUT2D eigenvalue weighted by atomic mass is 9.84. The van der Waals surface area contributed by atoms with Gasteiger partial charge in [0.2, 0.25) is 0 Å². The van der Waals surface area contributed by atoms with Gasteiger partial charge in [0.25, 0.3) is 5.91 Å². The Morgan fingerprint density at radius 2 is 2.00 bits per heavy atom. The monoisotopic (exact) mass is 277 g/mol. The minimum Gasteiger partial charge on any atom is -0.481 e. The van der Waals surface area contributed by atoms with Crippen molar-refractivity contribution in [3.8, 4) is 0 Å². The Labute approximate surface area is 117 Å². The Kier molecular flexibility index (Phi) is 3.07. The van der Waals surface area contributed by atoms with E-state index in [1.807, 2.05) is 0 Å². The average Bonchev–Trinajstić information content (AvgIpc) is 3.03. The molecular weight excluding hydrogens is 258 g/mol. The molecule has 2 saturated carbocycles. The summed E-state index contributed by atoms with van der Waals surface area (Å²) in [5.41, 5.74) is 0.509. The number of carbonyl (C=O) groups is 2. The zero-order chi connectivity index (χ0) is 14.4. The maximum Gasteiger partial charge on any atom is 0.308 e. The van der Waals surface area contributed by atoms with Gasteiger partial charge in [-0.15, -0.1) is 0 Å². The highest BCUT2D eigenvalue weighted by Gasteiger charge is 2.51. The Morgan fingerprint density at radius 1 is 1.30 bits per heavy atom. The SMILES string of the molecule is Cc1cc(C(=O)NC2C3CCC(C3)C2C(=O)O)c(C)o1. The molecule has 2 aliphatic rings. The van der Waals surface area contributed by atoms with Crippen LogP contribution in [0.4, 0.5) is 0 Å². The fraction of sp³-hybridized carbons (Fsp3) is 0.600. The molecule has 1 heterocycles. The third-order valence-electron chi connectivity index (χ3n) is 4.78. The molecule has 2 aliphatic carbocycles. The summed E-state index contributed by atoms with van der Waals surface area (Å²) < 4.78 is 5.36. The summed E-state index contributed by atoms with van der Waals surface area (Å²) in [5.74, 6) is 0.343. The van der Waals surface area contributed by atoms with Crippen molar-refractivity contribution < 1.29 is 19.1 Å². The normalized spacial score (nSPS) is 31.5. The maximum atomic E-state index is 12.3. The van der Waals surface area contributed by atoms with Crippen molar-refractivity contribution >= 4 is 11.9 Å². The summed E-state index contributed by atoms with van der Waals surface area (Å²) in [6, 6.07) is 1.46. The molecule has 0 spiro atoms. The number of rotatable bonds is 3. The molecule has 5 nitrogen and oxygen atoms in total. The number of nitrogens with one attached hydrogen (secondary N) is 1. The van der Waals surface area contributed by atoms with E-state index < -0.39 is 11.9 Å². The van der Waals surface area contributed by atoms with Crippen molar-refractivity contribution in [3.05, 3.63) is 23.2 Å². The number of aliphatic carboxylic acids is 1. The van der Waals surface area contributed by atoms with Crippen molar-refractivity contribution in [3.63, 3.8) is 0 Å². The maximum absolute atomic E-state index is 12.3. The minimum absolute atomic E-state index is 0.218. The minimum atomic E-state index is -0.789. The highest BCUT2D eigenvalue weighted by molar-refractivity contribution is 5.95. The van der Waals surface area contributed by atoms with Crippen LogP contribution in [0.25, 0.3) is 0 Å². The zero-order valence-corrected chi connectivity index (χ0v) is 11.7. The number of fused-ring (bicyclic) bond motifs is 2. The van der Waals surface area contributed by atoms with Crippen LogP contribution < -0.4 is 5.32 Å². The molecule has 108 valence electrons. The highest BCUT2D eigenvalue weighted by atomic mass is 16.4. The van der Waals surface area contributed by atoms with E-state index in [4.69, 9.17) is 4.42 Å². The molecule has 0 radical (unpaired) electrons. The van der Waals surface area contributed by atoms with Crippen molar-refractivity contribution in [1.29, 1.82) is 0 Å². The molecule has 1 amide bonds. The summed E-state index contributed by atoms with van der Waals surface area (Å²) in [6.45, 7) is 3.54. The second-order valence-corrected chi connectivity index (χ2v) is 6.02. The summed E-state index contributed by atoms with van der Waals surface area (Å²) in [7, 11) is 0. The van der Waals surface area contributed by atoms with E-state index in [9.17, 15) is 14.7 Å². The quantitative estimate of drug-likeness (QED) is 0.887. The lowest BCUT2D eigenvalue weighted by molar-refractivity contribution is -0.144. The van der Waals surface area contributed by atoms with Gasteiger partial charge in [-0.3, -0.25) is 9.59 Å². The van der Waals surface area contributed by atoms with Crippen LogP contribution in [0, 0.1) is 31.6 Å². The van der Waals surface area contributed by atoms with Gasteiger partial charge in [0, 0.05) is 6.04 Å². The first-order valence-corrected chi connectivity index (χ1v) is 7.08. The van der Waals surface area contributed by atoms with E-state index in [1.54, 1.807) is 19.9 Å². The Balaban J connectivity index is 1.78. The number of furan rings is 1. The van der Waals surface area contributed by atoms with Crippen molar-refractivity contribution in [2.75, 3.05) is 0 Å². The molecule has 1 aromatic rings. The summed E-state index contributed by atoms with van der Waals surface area (Å²) in [5, 5.41) is 12.3. The molecular formula is C15H19NO4.